The molecule has 0 spiro atoms. The summed E-state index contributed by atoms with van der Waals surface area (Å²) in [6.45, 7) is 3.72. The summed E-state index contributed by atoms with van der Waals surface area (Å²) in [6.07, 6.45) is 1.53. The fraction of sp³-hybridized carbons (Fsp3) is 0.182. The predicted octanol–water partition coefficient (Wildman–Crippen LogP) is 1.45. The molecule has 0 aliphatic rings. The molecule has 0 heterocycles. The van der Waals surface area contributed by atoms with E-state index in [2.05, 4.69) is 17.2 Å². The summed E-state index contributed by atoms with van der Waals surface area (Å²) in [6, 6.07) is 3.33. The highest BCUT2D eigenvalue weighted by Crippen LogP contribution is 2.21. The van der Waals surface area contributed by atoms with Gasteiger partial charge in [0.1, 0.15) is 0 Å². The zero-order valence-corrected chi connectivity index (χ0v) is 9.48. The van der Waals surface area contributed by atoms with E-state index in [4.69, 9.17) is 0 Å². The molecule has 0 aliphatic heterocycles. The first kappa shape index (κ1) is 13.6. The first-order chi connectivity index (χ1) is 8.54. The van der Waals surface area contributed by atoms with Gasteiger partial charge >= 0.3 is 5.69 Å². The number of nitro groups is 1. The summed E-state index contributed by atoms with van der Waals surface area (Å²) in [5.74, 6) is -1.21. The Kier molecular flexibility index (Phi) is 4.79. The number of hydrogen-bond acceptors (Lipinski definition) is 4. The molecular weight excluding hydrogens is 241 g/mol. The van der Waals surface area contributed by atoms with E-state index >= 15 is 0 Å². The summed E-state index contributed by atoms with van der Waals surface area (Å²) in [5, 5.41) is 15.7. The Morgan fingerprint density at radius 1 is 1.56 bits per heavy atom. The zero-order chi connectivity index (χ0) is 13.5. The van der Waals surface area contributed by atoms with Gasteiger partial charge in [-0.3, -0.25) is 14.9 Å². The highest BCUT2D eigenvalue weighted by atomic mass is 19.1. The van der Waals surface area contributed by atoms with Gasteiger partial charge in [0.05, 0.1) is 11.5 Å². The van der Waals surface area contributed by atoms with Crippen molar-refractivity contribution in [3.63, 3.8) is 0 Å². The van der Waals surface area contributed by atoms with Crippen LogP contribution < -0.4 is 10.6 Å². The van der Waals surface area contributed by atoms with Gasteiger partial charge in [0.25, 0.3) is 0 Å². The average molecular weight is 253 g/mol. The van der Waals surface area contributed by atoms with Crippen molar-refractivity contribution in [3.8, 4) is 0 Å². The first-order valence-corrected chi connectivity index (χ1v) is 5.10. The number of nitro benzene ring substituents is 1. The minimum absolute atomic E-state index is 0.0589. The molecule has 2 N–H and O–H groups in total. The van der Waals surface area contributed by atoms with Crippen LogP contribution in [0.3, 0.4) is 0 Å². The molecule has 1 aromatic carbocycles. The van der Waals surface area contributed by atoms with Crippen LogP contribution in [-0.2, 0) is 4.79 Å². The van der Waals surface area contributed by atoms with Crippen molar-refractivity contribution in [2.45, 2.75) is 0 Å². The van der Waals surface area contributed by atoms with Gasteiger partial charge in [0.15, 0.2) is 0 Å². The molecule has 0 saturated carbocycles. The Morgan fingerprint density at radius 3 is 2.89 bits per heavy atom. The van der Waals surface area contributed by atoms with Crippen LogP contribution >= 0.6 is 0 Å². The molecule has 0 aliphatic carbocycles. The zero-order valence-electron chi connectivity index (χ0n) is 9.48. The van der Waals surface area contributed by atoms with E-state index in [-0.39, 0.29) is 12.5 Å². The number of anilines is 1. The molecule has 1 aromatic rings. The fourth-order valence-electron chi connectivity index (χ4n) is 1.19. The molecule has 0 saturated heterocycles. The molecule has 0 aromatic heterocycles. The molecule has 0 unspecified atom stereocenters. The van der Waals surface area contributed by atoms with Crippen molar-refractivity contribution < 1.29 is 14.1 Å². The quantitative estimate of drug-likeness (QED) is 0.456. The minimum Gasteiger partial charge on any atom is -0.376 e. The summed E-state index contributed by atoms with van der Waals surface area (Å²) in [7, 11) is 0. The number of hydrogen-bond donors (Lipinski definition) is 2. The maximum Gasteiger partial charge on any atom is 0.306 e. The fourth-order valence-corrected chi connectivity index (χ4v) is 1.19. The van der Waals surface area contributed by atoms with Gasteiger partial charge in [0.2, 0.25) is 11.7 Å². The SMILES string of the molecule is C=CCNC(=O)CNc1ccc(F)c([N+](=O)[O-])c1. The van der Waals surface area contributed by atoms with Crippen LogP contribution in [0.5, 0.6) is 0 Å². The van der Waals surface area contributed by atoms with E-state index < -0.39 is 16.4 Å². The van der Waals surface area contributed by atoms with Gasteiger partial charge < -0.3 is 10.6 Å². The number of carbonyl (C=O) groups is 1. The lowest BCUT2D eigenvalue weighted by atomic mass is 10.2. The van der Waals surface area contributed by atoms with Crippen molar-refractivity contribution in [1.82, 2.24) is 5.32 Å². The van der Waals surface area contributed by atoms with Crippen molar-refractivity contribution in [2.75, 3.05) is 18.4 Å². The Labute approximate surface area is 103 Å². The van der Waals surface area contributed by atoms with E-state index in [1.165, 1.54) is 12.1 Å². The highest BCUT2D eigenvalue weighted by molar-refractivity contribution is 5.80. The largest absolute Gasteiger partial charge is 0.376 e. The Hall–Kier alpha value is -2.44. The number of benzene rings is 1. The number of nitrogens with one attached hydrogen (secondary N) is 2. The second kappa shape index (κ2) is 6.33. The molecule has 7 heteroatoms. The molecule has 96 valence electrons. The van der Waals surface area contributed by atoms with Crippen molar-refractivity contribution in [1.29, 1.82) is 0 Å². The third-order valence-corrected chi connectivity index (χ3v) is 2.04. The highest BCUT2D eigenvalue weighted by Gasteiger charge is 2.14. The second-order valence-corrected chi connectivity index (χ2v) is 3.37. The van der Waals surface area contributed by atoms with Crippen molar-refractivity contribution >= 4 is 17.3 Å². The van der Waals surface area contributed by atoms with Crippen LogP contribution in [0.2, 0.25) is 0 Å². The molecule has 0 radical (unpaired) electrons. The van der Waals surface area contributed by atoms with Crippen LogP contribution in [0, 0.1) is 15.9 Å². The van der Waals surface area contributed by atoms with E-state index in [0.717, 1.165) is 12.1 Å². The molecule has 0 atom stereocenters. The number of halogens is 1. The summed E-state index contributed by atoms with van der Waals surface area (Å²) >= 11 is 0. The summed E-state index contributed by atoms with van der Waals surface area (Å²) < 4.78 is 13.0. The number of amides is 1. The number of nitrogens with zero attached hydrogens (tertiary/aromatic N) is 1. The smallest absolute Gasteiger partial charge is 0.306 e. The Balaban J connectivity index is 2.63. The average Bonchev–Trinajstić information content (AvgIpc) is 2.35. The molecule has 6 nitrogen and oxygen atoms in total. The van der Waals surface area contributed by atoms with Gasteiger partial charge in [0, 0.05) is 18.3 Å². The lowest BCUT2D eigenvalue weighted by molar-refractivity contribution is -0.387. The van der Waals surface area contributed by atoms with Gasteiger partial charge in [-0.2, -0.15) is 4.39 Å². The summed E-state index contributed by atoms with van der Waals surface area (Å²) in [5.41, 5.74) is -0.330. The molecule has 1 amide bonds. The van der Waals surface area contributed by atoms with Gasteiger partial charge in [-0.05, 0) is 12.1 Å². The third kappa shape index (κ3) is 3.85. The normalized spacial score (nSPS) is 9.61. The van der Waals surface area contributed by atoms with Crippen LogP contribution in [0.25, 0.3) is 0 Å². The molecule has 18 heavy (non-hydrogen) atoms. The minimum atomic E-state index is -0.915. The van der Waals surface area contributed by atoms with Crippen LogP contribution in [0.4, 0.5) is 15.8 Å². The van der Waals surface area contributed by atoms with Crippen molar-refractivity contribution in [2.24, 2.45) is 0 Å². The number of carbonyl (C=O) groups excluding carboxylic acids is 1. The second-order valence-electron chi connectivity index (χ2n) is 3.37. The summed E-state index contributed by atoms with van der Waals surface area (Å²) in [4.78, 5) is 20.9. The van der Waals surface area contributed by atoms with Gasteiger partial charge in [-0.1, -0.05) is 6.08 Å². The monoisotopic (exact) mass is 253 g/mol. The van der Waals surface area contributed by atoms with E-state index in [9.17, 15) is 19.3 Å². The maximum atomic E-state index is 13.0. The first-order valence-electron chi connectivity index (χ1n) is 5.10. The standard InChI is InChI=1S/C11H12FN3O3/c1-2-5-13-11(16)7-14-8-3-4-9(12)10(6-8)15(17)18/h2-4,6,14H,1,5,7H2,(H,13,16). The van der Waals surface area contributed by atoms with E-state index in [1.807, 2.05) is 0 Å². The van der Waals surface area contributed by atoms with Crippen LogP contribution in [0.1, 0.15) is 0 Å². The Morgan fingerprint density at radius 2 is 2.28 bits per heavy atom. The lowest BCUT2D eigenvalue weighted by Crippen LogP contribution is -2.29. The third-order valence-electron chi connectivity index (χ3n) is 2.04. The molecular formula is C11H12FN3O3. The molecule has 0 fully saturated rings. The topological polar surface area (TPSA) is 84.3 Å². The lowest BCUT2D eigenvalue weighted by Gasteiger charge is -2.06. The maximum absolute atomic E-state index is 13.0. The van der Waals surface area contributed by atoms with Crippen LogP contribution in [0.15, 0.2) is 30.9 Å². The van der Waals surface area contributed by atoms with Crippen molar-refractivity contribution in [3.05, 3.63) is 46.8 Å². The molecule has 1 rings (SSSR count). The van der Waals surface area contributed by atoms with Crippen LogP contribution in [-0.4, -0.2) is 23.9 Å². The predicted molar refractivity (Wildman–Crippen MR) is 64.8 cm³/mol. The van der Waals surface area contributed by atoms with Gasteiger partial charge in [-0.25, -0.2) is 0 Å². The molecule has 0 bridgehead atoms. The van der Waals surface area contributed by atoms with E-state index in [0.29, 0.717) is 12.2 Å². The Bertz CT molecular complexity index is 477. The van der Waals surface area contributed by atoms with E-state index in [1.54, 1.807) is 0 Å². The van der Waals surface area contributed by atoms with Gasteiger partial charge in [-0.15, -0.1) is 6.58 Å². The number of rotatable bonds is 6.